The molecule has 78 valence electrons. The Morgan fingerprint density at radius 2 is 2.15 bits per heavy atom. The van der Waals surface area contributed by atoms with Crippen molar-refractivity contribution >= 4 is 0 Å². The Kier molecular flexibility index (Phi) is 2.87. The second-order valence-corrected chi connectivity index (χ2v) is 3.48. The molecule has 2 unspecified atom stereocenters. The molecule has 1 saturated heterocycles. The second-order valence-electron chi connectivity index (χ2n) is 3.48. The standard InChI is InChI=1S/C8H13F3O2/c1-6-7(12,4-5-13-6)2-3-8(9,10)11/h6,12H,2-5H2,1H3. The van der Waals surface area contributed by atoms with E-state index in [1.165, 1.54) is 0 Å². The lowest BCUT2D eigenvalue weighted by molar-refractivity contribution is -0.150. The van der Waals surface area contributed by atoms with Crippen LogP contribution in [0.3, 0.4) is 0 Å². The van der Waals surface area contributed by atoms with Gasteiger partial charge in [-0.15, -0.1) is 0 Å². The molecule has 1 aliphatic rings. The first-order chi connectivity index (χ1) is 5.83. The van der Waals surface area contributed by atoms with E-state index in [-0.39, 0.29) is 6.42 Å². The second kappa shape index (κ2) is 3.46. The van der Waals surface area contributed by atoms with Crippen molar-refractivity contribution in [1.29, 1.82) is 0 Å². The van der Waals surface area contributed by atoms with Gasteiger partial charge < -0.3 is 9.84 Å². The minimum Gasteiger partial charge on any atom is -0.387 e. The molecule has 1 heterocycles. The number of hydrogen-bond donors (Lipinski definition) is 1. The van der Waals surface area contributed by atoms with Crippen LogP contribution in [-0.2, 0) is 4.74 Å². The van der Waals surface area contributed by atoms with E-state index in [0.29, 0.717) is 13.0 Å². The first-order valence-electron chi connectivity index (χ1n) is 4.24. The smallest absolute Gasteiger partial charge is 0.387 e. The molecule has 2 atom stereocenters. The van der Waals surface area contributed by atoms with Crippen LogP contribution in [0.5, 0.6) is 0 Å². The molecule has 5 heteroatoms. The number of hydrogen-bond acceptors (Lipinski definition) is 2. The van der Waals surface area contributed by atoms with E-state index in [0.717, 1.165) is 0 Å². The summed E-state index contributed by atoms with van der Waals surface area (Å²) in [5, 5.41) is 9.70. The largest absolute Gasteiger partial charge is 0.389 e. The minimum absolute atomic E-state index is 0.266. The lowest BCUT2D eigenvalue weighted by Crippen LogP contribution is -2.37. The highest BCUT2D eigenvalue weighted by Crippen LogP contribution is 2.34. The number of alkyl halides is 3. The van der Waals surface area contributed by atoms with Crippen LogP contribution in [-0.4, -0.2) is 29.6 Å². The van der Waals surface area contributed by atoms with Crippen LogP contribution >= 0.6 is 0 Å². The molecule has 1 rings (SSSR count). The summed E-state index contributed by atoms with van der Waals surface area (Å²) in [6.07, 6.45) is -5.60. The minimum atomic E-state index is -4.20. The van der Waals surface area contributed by atoms with Crippen LogP contribution in [0.15, 0.2) is 0 Å². The topological polar surface area (TPSA) is 29.5 Å². The Balaban J connectivity index is 2.43. The van der Waals surface area contributed by atoms with Gasteiger partial charge in [0.2, 0.25) is 0 Å². The Morgan fingerprint density at radius 1 is 1.54 bits per heavy atom. The van der Waals surface area contributed by atoms with E-state index in [9.17, 15) is 18.3 Å². The van der Waals surface area contributed by atoms with E-state index in [2.05, 4.69) is 0 Å². The average molecular weight is 198 g/mol. The van der Waals surface area contributed by atoms with Gasteiger partial charge in [0, 0.05) is 19.4 Å². The van der Waals surface area contributed by atoms with E-state index in [1.807, 2.05) is 0 Å². The summed E-state index contributed by atoms with van der Waals surface area (Å²) in [4.78, 5) is 0. The van der Waals surface area contributed by atoms with Crippen molar-refractivity contribution in [3.63, 3.8) is 0 Å². The van der Waals surface area contributed by atoms with Crippen LogP contribution in [0.25, 0.3) is 0 Å². The molecule has 0 radical (unpaired) electrons. The third kappa shape index (κ3) is 2.84. The number of halogens is 3. The Morgan fingerprint density at radius 3 is 2.54 bits per heavy atom. The van der Waals surface area contributed by atoms with Gasteiger partial charge in [0.05, 0.1) is 11.7 Å². The molecule has 13 heavy (non-hydrogen) atoms. The van der Waals surface area contributed by atoms with E-state index < -0.39 is 24.3 Å². The van der Waals surface area contributed by atoms with Crippen LogP contribution < -0.4 is 0 Å². The van der Waals surface area contributed by atoms with Crippen LogP contribution in [0.2, 0.25) is 0 Å². The van der Waals surface area contributed by atoms with Gasteiger partial charge in [-0.1, -0.05) is 0 Å². The number of aliphatic hydroxyl groups is 1. The highest BCUT2D eigenvalue weighted by molar-refractivity contribution is 4.89. The molecule has 1 aliphatic heterocycles. The zero-order valence-electron chi connectivity index (χ0n) is 7.40. The molecule has 0 aromatic carbocycles. The summed E-state index contributed by atoms with van der Waals surface area (Å²) in [6, 6.07) is 0. The van der Waals surface area contributed by atoms with Crippen LogP contribution in [0, 0.1) is 0 Å². The molecule has 0 aromatic heterocycles. The average Bonchev–Trinajstić information content (AvgIpc) is 2.29. The zero-order valence-corrected chi connectivity index (χ0v) is 7.40. The quantitative estimate of drug-likeness (QED) is 0.733. The summed E-state index contributed by atoms with van der Waals surface area (Å²) in [5.41, 5.74) is -1.28. The summed E-state index contributed by atoms with van der Waals surface area (Å²) >= 11 is 0. The molecule has 0 saturated carbocycles. The third-order valence-corrected chi connectivity index (χ3v) is 2.50. The summed E-state index contributed by atoms with van der Waals surface area (Å²) < 4.78 is 40.6. The Hall–Kier alpha value is -0.290. The first-order valence-corrected chi connectivity index (χ1v) is 4.24. The summed E-state index contributed by atoms with van der Waals surface area (Å²) in [7, 11) is 0. The Bertz CT molecular complexity index is 181. The Labute approximate surface area is 74.7 Å². The van der Waals surface area contributed by atoms with Gasteiger partial charge >= 0.3 is 6.18 Å². The van der Waals surface area contributed by atoms with Gasteiger partial charge in [-0.05, 0) is 13.3 Å². The lowest BCUT2D eigenvalue weighted by atomic mass is 9.91. The van der Waals surface area contributed by atoms with Crippen molar-refractivity contribution in [2.75, 3.05) is 6.61 Å². The van der Waals surface area contributed by atoms with E-state index >= 15 is 0 Å². The highest BCUT2D eigenvalue weighted by Gasteiger charge is 2.42. The zero-order chi connectivity index (χ0) is 10.1. The molecule has 1 fully saturated rings. The van der Waals surface area contributed by atoms with Crippen LogP contribution in [0.4, 0.5) is 13.2 Å². The molecule has 0 bridgehead atoms. The van der Waals surface area contributed by atoms with Crippen LogP contribution in [0.1, 0.15) is 26.2 Å². The fourth-order valence-electron chi connectivity index (χ4n) is 1.46. The maximum atomic E-state index is 11.9. The molecular weight excluding hydrogens is 185 g/mol. The van der Waals surface area contributed by atoms with Gasteiger partial charge in [-0.25, -0.2) is 0 Å². The lowest BCUT2D eigenvalue weighted by Gasteiger charge is -2.26. The van der Waals surface area contributed by atoms with Gasteiger partial charge in [-0.2, -0.15) is 13.2 Å². The molecule has 0 amide bonds. The molecule has 0 aromatic rings. The molecule has 0 aliphatic carbocycles. The number of rotatable bonds is 2. The molecule has 0 spiro atoms. The molecule has 1 N–H and O–H groups in total. The van der Waals surface area contributed by atoms with Gasteiger partial charge in [-0.3, -0.25) is 0 Å². The van der Waals surface area contributed by atoms with Crippen molar-refractivity contribution in [2.24, 2.45) is 0 Å². The molecular formula is C8H13F3O2. The van der Waals surface area contributed by atoms with Gasteiger partial charge in [0.1, 0.15) is 0 Å². The van der Waals surface area contributed by atoms with Crippen molar-refractivity contribution in [3.8, 4) is 0 Å². The summed E-state index contributed by atoms with van der Waals surface area (Å²) in [6.45, 7) is 1.94. The SMILES string of the molecule is CC1OCCC1(O)CCC(F)(F)F. The third-order valence-electron chi connectivity index (χ3n) is 2.50. The fourth-order valence-corrected chi connectivity index (χ4v) is 1.46. The van der Waals surface area contributed by atoms with Crippen molar-refractivity contribution in [3.05, 3.63) is 0 Å². The van der Waals surface area contributed by atoms with Crippen molar-refractivity contribution in [1.82, 2.24) is 0 Å². The molecule has 2 nitrogen and oxygen atoms in total. The normalized spacial score (nSPS) is 35.3. The monoisotopic (exact) mass is 198 g/mol. The van der Waals surface area contributed by atoms with E-state index in [1.54, 1.807) is 6.92 Å². The summed E-state index contributed by atoms with van der Waals surface area (Å²) in [5.74, 6) is 0. The van der Waals surface area contributed by atoms with E-state index in [4.69, 9.17) is 4.74 Å². The van der Waals surface area contributed by atoms with Gasteiger partial charge in [0.25, 0.3) is 0 Å². The predicted octanol–water partition coefficient (Wildman–Crippen LogP) is 1.87. The fraction of sp³-hybridized carbons (Fsp3) is 1.00. The van der Waals surface area contributed by atoms with Crippen molar-refractivity contribution < 1.29 is 23.0 Å². The maximum Gasteiger partial charge on any atom is 0.389 e. The number of ether oxygens (including phenoxy) is 1. The predicted molar refractivity (Wildman–Crippen MR) is 40.3 cm³/mol. The van der Waals surface area contributed by atoms with Crippen molar-refractivity contribution in [2.45, 2.75) is 44.1 Å². The maximum absolute atomic E-state index is 11.9. The highest BCUT2D eigenvalue weighted by atomic mass is 19.4. The first kappa shape index (κ1) is 10.8. The van der Waals surface area contributed by atoms with Gasteiger partial charge in [0.15, 0.2) is 0 Å².